The fourth-order valence-corrected chi connectivity index (χ4v) is 3.90. The maximum atomic E-state index is 12.7. The lowest BCUT2D eigenvalue weighted by Gasteiger charge is -2.25. The van der Waals surface area contributed by atoms with Crippen LogP contribution in [0.25, 0.3) is 0 Å². The van der Waals surface area contributed by atoms with Gasteiger partial charge in [0.05, 0.1) is 21.8 Å². The molecular formula is C18H18ClN3O4S. The van der Waals surface area contributed by atoms with Gasteiger partial charge in [0.15, 0.2) is 0 Å². The van der Waals surface area contributed by atoms with Crippen molar-refractivity contribution in [3.05, 3.63) is 53.1 Å². The minimum absolute atomic E-state index is 0.0782. The summed E-state index contributed by atoms with van der Waals surface area (Å²) in [6.07, 6.45) is 0.389. The number of fused-ring (bicyclic) bond motifs is 1. The highest BCUT2D eigenvalue weighted by Gasteiger charge is 2.37. The summed E-state index contributed by atoms with van der Waals surface area (Å²) in [7, 11) is -3.95. The molecule has 0 saturated carbocycles. The molecule has 1 unspecified atom stereocenters. The Hall–Kier alpha value is -2.58. The molecule has 0 fully saturated rings. The van der Waals surface area contributed by atoms with Gasteiger partial charge in [0, 0.05) is 5.02 Å². The molecule has 0 aliphatic carbocycles. The molecule has 1 aliphatic rings. The molecule has 2 amide bonds. The summed E-state index contributed by atoms with van der Waals surface area (Å²) in [4.78, 5) is 24.8. The Kier molecular flexibility index (Phi) is 4.88. The van der Waals surface area contributed by atoms with Gasteiger partial charge in [-0.3, -0.25) is 14.3 Å². The second-order valence-corrected chi connectivity index (χ2v) is 8.54. The quantitative estimate of drug-likeness (QED) is 0.724. The predicted octanol–water partition coefficient (Wildman–Crippen LogP) is 2.99. The van der Waals surface area contributed by atoms with Crippen LogP contribution in [0.1, 0.15) is 30.6 Å². The van der Waals surface area contributed by atoms with Crippen LogP contribution in [0.4, 0.5) is 11.4 Å². The molecule has 0 saturated heterocycles. The third kappa shape index (κ3) is 3.77. The van der Waals surface area contributed by atoms with Gasteiger partial charge in [0.1, 0.15) is 5.54 Å². The molecule has 1 atom stereocenters. The lowest BCUT2D eigenvalue weighted by Crippen LogP contribution is -2.52. The topological polar surface area (TPSA) is 104 Å². The van der Waals surface area contributed by atoms with E-state index in [1.165, 1.54) is 24.3 Å². The molecule has 0 spiro atoms. The van der Waals surface area contributed by atoms with E-state index in [1.807, 2.05) is 0 Å². The van der Waals surface area contributed by atoms with Gasteiger partial charge in [0.2, 0.25) is 5.91 Å². The van der Waals surface area contributed by atoms with Crippen LogP contribution in [0.3, 0.4) is 0 Å². The van der Waals surface area contributed by atoms with Crippen LogP contribution < -0.4 is 15.4 Å². The first-order valence-electron chi connectivity index (χ1n) is 8.21. The van der Waals surface area contributed by atoms with E-state index >= 15 is 0 Å². The number of hydrogen-bond acceptors (Lipinski definition) is 4. The van der Waals surface area contributed by atoms with Crippen molar-refractivity contribution in [1.29, 1.82) is 0 Å². The zero-order valence-corrected chi connectivity index (χ0v) is 16.2. The van der Waals surface area contributed by atoms with Crippen LogP contribution in [0.5, 0.6) is 0 Å². The van der Waals surface area contributed by atoms with Crippen molar-refractivity contribution in [2.45, 2.75) is 30.7 Å². The Morgan fingerprint density at radius 3 is 2.56 bits per heavy atom. The van der Waals surface area contributed by atoms with Crippen molar-refractivity contribution in [1.82, 2.24) is 5.32 Å². The van der Waals surface area contributed by atoms with E-state index in [9.17, 15) is 18.0 Å². The van der Waals surface area contributed by atoms with E-state index in [-0.39, 0.29) is 22.1 Å². The van der Waals surface area contributed by atoms with Crippen LogP contribution in [0.15, 0.2) is 47.4 Å². The minimum Gasteiger partial charge on any atom is -0.338 e. The summed E-state index contributed by atoms with van der Waals surface area (Å²) >= 11 is 5.88. The first kappa shape index (κ1) is 19.2. The smallest absolute Gasteiger partial charge is 0.261 e. The number of carbonyl (C=O) groups is 2. The summed E-state index contributed by atoms with van der Waals surface area (Å²) in [5.41, 5.74) is -0.437. The van der Waals surface area contributed by atoms with Gasteiger partial charge < -0.3 is 10.6 Å². The fourth-order valence-electron chi connectivity index (χ4n) is 2.64. The predicted molar refractivity (Wildman–Crippen MR) is 103 cm³/mol. The van der Waals surface area contributed by atoms with Gasteiger partial charge in [-0.15, -0.1) is 0 Å². The van der Waals surface area contributed by atoms with Crippen LogP contribution in [0.2, 0.25) is 5.02 Å². The Labute approximate surface area is 162 Å². The molecule has 3 N–H and O–H groups in total. The largest absolute Gasteiger partial charge is 0.338 e. The number of sulfonamides is 1. The van der Waals surface area contributed by atoms with E-state index in [2.05, 4.69) is 15.4 Å². The molecule has 0 bridgehead atoms. The molecule has 9 heteroatoms. The van der Waals surface area contributed by atoms with E-state index in [0.29, 0.717) is 17.1 Å². The molecule has 3 rings (SSSR count). The van der Waals surface area contributed by atoms with Gasteiger partial charge in [-0.25, -0.2) is 8.42 Å². The van der Waals surface area contributed by atoms with Gasteiger partial charge in [-0.1, -0.05) is 24.6 Å². The maximum absolute atomic E-state index is 12.7. The van der Waals surface area contributed by atoms with Crippen molar-refractivity contribution < 1.29 is 18.0 Å². The second kappa shape index (κ2) is 6.86. The van der Waals surface area contributed by atoms with Crippen molar-refractivity contribution >= 4 is 44.8 Å². The van der Waals surface area contributed by atoms with E-state index < -0.39 is 21.5 Å². The van der Waals surface area contributed by atoms with E-state index in [1.54, 1.807) is 32.0 Å². The van der Waals surface area contributed by atoms with Gasteiger partial charge in [-0.2, -0.15) is 0 Å². The van der Waals surface area contributed by atoms with Crippen LogP contribution in [0, 0.1) is 0 Å². The van der Waals surface area contributed by atoms with Crippen molar-refractivity contribution in [3.63, 3.8) is 0 Å². The Morgan fingerprint density at radius 2 is 1.89 bits per heavy atom. The maximum Gasteiger partial charge on any atom is 0.261 e. The molecule has 2 aromatic carbocycles. The van der Waals surface area contributed by atoms with E-state index in [0.717, 1.165) is 0 Å². The zero-order chi connectivity index (χ0) is 19.8. The van der Waals surface area contributed by atoms with Crippen LogP contribution in [-0.4, -0.2) is 25.8 Å². The number of halogens is 1. The number of anilines is 2. The highest BCUT2D eigenvalue weighted by molar-refractivity contribution is 7.92. The molecule has 142 valence electrons. The molecule has 0 aromatic heterocycles. The van der Waals surface area contributed by atoms with Crippen molar-refractivity contribution in [2.75, 3.05) is 10.0 Å². The molecule has 2 aromatic rings. The number of amides is 2. The molecule has 27 heavy (non-hydrogen) atoms. The summed E-state index contributed by atoms with van der Waals surface area (Å²) in [5.74, 6) is -0.878. The number of hydrogen-bond donors (Lipinski definition) is 3. The second-order valence-electron chi connectivity index (χ2n) is 6.42. The highest BCUT2D eigenvalue weighted by Crippen LogP contribution is 2.27. The summed E-state index contributed by atoms with van der Waals surface area (Å²) < 4.78 is 27.7. The summed E-state index contributed by atoms with van der Waals surface area (Å²) in [6.45, 7) is 3.39. The van der Waals surface area contributed by atoms with Crippen LogP contribution >= 0.6 is 11.6 Å². The van der Waals surface area contributed by atoms with Gasteiger partial charge in [-0.05, 0) is 49.7 Å². The molecular weight excluding hydrogens is 390 g/mol. The fraction of sp³-hybridized carbons (Fsp3) is 0.222. The molecule has 7 nitrogen and oxygen atoms in total. The van der Waals surface area contributed by atoms with Crippen LogP contribution in [-0.2, 0) is 14.8 Å². The number of benzene rings is 2. The van der Waals surface area contributed by atoms with Gasteiger partial charge >= 0.3 is 0 Å². The highest BCUT2D eigenvalue weighted by atomic mass is 35.5. The zero-order valence-electron chi connectivity index (χ0n) is 14.7. The first-order chi connectivity index (χ1) is 12.6. The Balaban J connectivity index is 1.98. The molecule has 1 aliphatic heterocycles. The lowest BCUT2D eigenvalue weighted by molar-refractivity contribution is -0.121. The number of nitrogens with one attached hydrogen (secondary N) is 3. The number of carbonyl (C=O) groups excluding carboxylic acids is 2. The Bertz CT molecular complexity index is 1040. The SMILES string of the molecule is CCC1(C)NC(=O)c2cc(S(=O)(=O)Nc3cccc(Cl)c3)ccc2NC1=O. The summed E-state index contributed by atoms with van der Waals surface area (Å²) in [5, 5.41) is 5.73. The standard InChI is InChI=1S/C18H18ClN3O4S/c1-3-18(2)17(24)20-15-8-7-13(10-14(15)16(23)21-18)27(25,26)22-12-6-4-5-11(19)9-12/h4-10,22H,3H2,1-2H3,(H,20,24)(H,21,23). The van der Waals surface area contributed by atoms with Crippen molar-refractivity contribution in [3.8, 4) is 0 Å². The van der Waals surface area contributed by atoms with Gasteiger partial charge in [0.25, 0.3) is 15.9 Å². The minimum atomic E-state index is -3.95. The average Bonchev–Trinajstić information content (AvgIpc) is 2.69. The average molecular weight is 408 g/mol. The third-order valence-electron chi connectivity index (χ3n) is 4.47. The third-order valence-corrected chi connectivity index (χ3v) is 6.08. The molecule has 0 radical (unpaired) electrons. The molecule has 1 heterocycles. The first-order valence-corrected chi connectivity index (χ1v) is 10.1. The number of rotatable bonds is 4. The van der Waals surface area contributed by atoms with Crippen molar-refractivity contribution in [2.24, 2.45) is 0 Å². The normalized spacial score (nSPS) is 19.5. The van der Waals surface area contributed by atoms with E-state index in [4.69, 9.17) is 11.6 Å². The lowest BCUT2D eigenvalue weighted by atomic mass is 9.98. The Morgan fingerprint density at radius 1 is 1.15 bits per heavy atom. The monoisotopic (exact) mass is 407 g/mol. The summed E-state index contributed by atoms with van der Waals surface area (Å²) in [6, 6.07) is 10.2.